The number of carbonyl (C=O) groups is 1. The molecule has 5 heterocycles. The highest BCUT2D eigenvalue weighted by Gasteiger charge is 2.36. The van der Waals surface area contributed by atoms with Crippen LogP contribution in [0, 0.1) is 5.92 Å². The Labute approximate surface area is 144 Å². The predicted molar refractivity (Wildman–Crippen MR) is 92.6 cm³/mol. The third-order valence-corrected chi connectivity index (χ3v) is 5.41. The number of likely N-dealkylation sites (tertiary alicyclic amines) is 1. The van der Waals surface area contributed by atoms with Crippen molar-refractivity contribution in [3.05, 3.63) is 70.4 Å². The molecule has 1 saturated heterocycles. The molecule has 0 N–H and O–H groups in total. The number of piperidine rings is 1. The molecule has 0 saturated carbocycles. The maximum absolute atomic E-state index is 13.1. The van der Waals surface area contributed by atoms with Gasteiger partial charge in [-0.3, -0.25) is 9.59 Å². The molecule has 0 aromatic carbocycles. The first-order valence-corrected chi connectivity index (χ1v) is 8.62. The molecule has 126 valence electrons. The highest BCUT2D eigenvalue weighted by atomic mass is 16.2. The Kier molecular flexibility index (Phi) is 3.07. The van der Waals surface area contributed by atoms with Crippen molar-refractivity contribution in [2.45, 2.75) is 18.9 Å². The number of fused-ring (bicyclic) bond motifs is 5. The average molecular weight is 334 g/mol. The molecule has 3 aromatic rings. The van der Waals surface area contributed by atoms with Crippen molar-refractivity contribution >= 4 is 11.4 Å². The van der Waals surface area contributed by atoms with Gasteiger partial charge in [-0.25, -0.2) is 4.52 Å². The van der Waals surface area contributed by atoms with Crippen LogP contribution in [0.25, 0.3) is 5.52 Å². The number of hydrogen-bond acceptors (Lipinski definition) is 3. The normalized spacial score (nSPS) is 22.0. The summed E-state index contributed by atoms with van der Waals surface area (Å²) < 4.78 is 3.58. The highest BCUT2D eigenvalue weighted by Crippen LogP contribution is 2.35. The summed E-state index contributed by atoms with van der Waals surface area (Å²) in [4.78, 5) is 27.2. The fraction of sp³-hybridized carbons (Fsp3) is 0.316. The highest BCUT2D eigenvalue weighted by molar-refractivity contribution is 5.93. The molecule has 0 spiro atoms. The van der Waals surface area contributed by atoms with Crippen LogP contribution in [-0.2, 0) is 6.54 Å². The first-order valence-electron chi connectivity index (χ1n) is 8.62. The van der Waals surface area contributed by atoms with Crippen molar-refractivity contribution in [3.8, 4) is 0 Å². The van der Waals surface area contributed by atoms with E-state index in [1.54, 1.807) is 16.8 Å². The van der Waals surface area contributed by atoms with Crippen molar-refractivity contribution < 1.29 is 4.79 Å². The molecule has 2 bridgehead atoms. The van der Waals surface area contributed by atoms with Crippen molar-refractivity contribution in [2.24, 2.45) is 5.92 Å². The number of aromatic nitrogens is 3. The van der Waals surface area contributed by atoms with Crippen molar-refractivity contribution in [2.75, 3.05) is 13.1 Å². The van der Waals surface area contributed by atoms with Crippen LogP contribution in [0.1, 0.15) is 28.5 Å². The second-order valence-electron chi connectivity index (χ2n) is 6.99. The summed E-state index contributed by atoms with van der Waals surface area (Å²) in [7, 11) is 0. The molecule has 25 heavy (non-hydrogen) atoms. The van der Waals surface area contributed by atoms with Crippen molar-refractivity contribution in [1.82, 2.24) is 19.1 Å². The molecule has 2 aliphatic heterocycles. The lowest BCUT2D eigenvalue weighted by Gasteiger charge is -2.42. The van der Waals surface area contributed by atoms with E-state index in [0.29, 0.717) is 31.2 Å². The minimum atomic E-state index is 0.00993. The van der Waals surface area contributed by atoms with Gasteiger partial charge in [-0.15, -0.1) is 0 Å². The van der Waals surface area contributed by atoms with Crippen molar-refractivity contribution in [1.29, 1.82) is 0 Å². The van der Waals surface area contributed by atoms with Crippen LogP contribution in [0.15, 0.2) is 53.5 Å². The first-order chi connectivity index (χ1) is 12.2. The minimum Gasteiger partial charge on any atom is -0.336 e. The van der Waals surface area contributed by atoms with Gasteiger partial charge in [0.1, 0.15) is 5.69 Å². The number of hydrogen-bond donors (Lipinski definition) is 0. The molecule has 1 amide bonds. The zero-order chi connectivity index (χ0) is 17.0. The lowest BCUT2D eigenvalue weighted by atomic mass is 9.83. The van der Waals surface area contributed by atoms with Gasteiger partial charge in [-0.05, 0) is 36.6 Å². The lowest BCUT2D eigenvalue weighted by Crippen LogP contribution is -2.49. The fourth-order valence-electron chi connectivity index (χ4n) is 4.34. The number of rotatable bonds is 1. The van der Waals surface area contributed by atoms with E-state index in [1.165, 1.54) is 0 Å². The third-order valence-electron chi connectivity index (χ3n) is 5.41. The van der Waals surface area contributed by atoms with E-state index in [9.17, 15) is 9.59 Å². The second-order valence-corrected chi connectivity index (χ2v) is 6.99. The Morgan fingerprint density at radius 3 is 2.84 bits per heavy atom. The van der Waals surface area contributed by atoms with Gasteiger partial charge in [0.15, 0.2) is 0 Å². The van der Waals surface area contributed by atoms with E-state index in [4.69, 9.17) is 0 Å². The van der Waals surface area contributed by atoms with Gasteiger partial charge in [0, 0.05) is 37.3 Å². The molecular weight excluding hydrogens is 316 g/mol. The Morgan fingerprint density at radius 1 is 1.04 bits per heavy atom. The molecular formula is C19H18N4O2. The fourth-order valence-corrected chi connectivity index (χ4v) is 4.34. The molecule has 1 fully saturated rings. The summed E-state index contributed by atoms with van der Waals surface area (Å²) in [6.45, 7) is 2.03. The lowest BCUT2D eigenvalue weighted by molar-refractivity contribution is 0.0586. The van der Waals surface area contributed by atoms with Crippen molar-refractivity contribution in [3.63, 3.8) is 0 Å². The van der Waals surface area contributed by atoms with Gasteiger partial charge in [0.2, 0.25) is 0 Å². The topological polar surface area (TPSA) is 59.6 Å². The monoisotopic (exact) mass is 334 g/mol. The van der Waals surface area contributed by atoms with Crippen LogP contribution in [0.5, 0.6) is 0 Å². The zero-order valence-electron chi connectivity index (χ0n) is 13.7. The average Bonchev–Trinajstić information content (AvgIpc) is 3.11. The molecule has 0 aliphatic carbocycles. The number of pyridine rings is 2. The Balaban J connectivity index is 1.50. The van der Waals surface area contributed by atoms with E-state index < -0.39 is 0 Å². The quantitative estimate of drug-likeness (QED) is 0.681. The van der Waals surface area contributed by atoms with Gasteiger partial charge in [0.25, 0.3) is 11.5 Å². The van der Waals surface area contributed by atoms with Gasteiger partial charge in [0.05, 0.1) is 11.7 Å². The second kappa shape index (κ2) is 5.31. The summed E-state index contributed by atoms with van der Waals surface area (Å²) in [5, 5.41) is 4.28. The van der Waals surface area contributed by atoms with E-state index >= 15 is 0 Å². The molecule has 0 radical (unpaired) electrons. The zero-order valence-corrected chi connectivity index (χ0v) is 13.7. The van der Waals surface area contributed by atoms with E-state index in [1.807, 2.05) is 45.9 Å². The van der Waals surface area contributed by atoms with Gasteiger partial charge in [-0.2, -0.15) is 5.10 Å². The number of amides is 1. The molecule has 2 aliphatic rings. The predicted octanol–water partition coefficient (Wildman–Crippen LogP) is 1.76. The van der Waals surface area contributed by atoms with E-state index in [0.717, 1.165) is 17.6 Å². The third kappa shape index (κ3) is 2.21. The first kappa shape index (κ1) is 14.5. The van der Waals surface area contributed by atoms with Gasteiger partial charge >= 0.3 is 0 Å². The maximum atomic E-state index is 13.1. The summed E-state index contributed by atoms with van der Waals surface area (Å²) in [6, 6.07) is 13.0. The standard InChI is InChI=1S/C19H18N4O2/c24-18-6-2-4-16-14-9-13(11-22(16)18)10-21(12-14)19(25)17-5-1-3-15-7-8-20-23(15)17/h1-8,13-14H,9-12H2. The Bertz CT molecular complexity index is 1040. The molecule has 6 nitrogen and oxygen atoms in total. The van der Waals surface area contributed by atoms with Crippen LogP contribution in [0.2, 0.25) is 0 Å². The molecule has 5 rings (SSSR count). The van der Waals surface area contributed by atoms with E-state index in [2.05, 4.69) is 5.10 Å². The van der Waals surface area contributed by atoms with Crippen LogP contribution in [-0.4, -0.2) is 38.1 Å². The Hall–Kier alpha value is -2.89. The van der Waals surface area contributed by atoms with Crippen LogP contribution in [0.3, 0.4) is 0 Å². The van der Waals surface area contributed by atoms with Gasteiger partial charge < -0.3 is 9.47 Å². The van der Waals surface area contributed by atoms with E-state index in [-0.39, 0.29) is 17.4 Å². The summed E-state index contributed by atoms with van der Waals surface area (Å²) in [6.07, 6.45) is 2.75. The summed E-state index contributed by atoms with van der Waals surface area (Å²) in [5.74, 6) is 0.560. The largest absolute Gasteiger partial charge is 0.336 e. The maximum Gasteiger partial charge on any atom is 0.272 e. The molecule has 2 unspecified atom stereocenters. The number of carbonyl (C=O) groups excluding carboxylic acids is 1. The Morgan fingerprint density at radius 2 is 1.92 bits per heavy atom. The SMILES string of the molecule is O=C(c1cccc2ccnn12)N1CC2CC(C1)c1cccc(=O)n1C2. The summed E-state index contributed by atoms with van der Waals surface area (Å²) >= 11 is 0. The van der Waals surface area contributed by atoms with Gasteiger partial charge in [-0.1, -0.05) is 12.1 Å². The van der Waals surface area contributed by atoms with Crippen LogP contribution in [0.4, 0.5) is 0 Å². The van der Waals surface area contributed by atoms with Crippen LogP contribution >= 0.6 is 0 Å². The number of nitrogens with zero attached hydrogens (tertiary/aromatic N) is 4. The summed E-state index contributed by atoms with van der Waals surface area (Å²) in [5.41, 5.74) is 2.62. The molecule has 6 heteroatoms. The van der Waals surface area contributed by atoms with Crippen LogP contribution < -0.4 is 5.56 Å². The smallest absolute Gasteiger partial charge is 0.272 e. The minimum absolute atomic E-state index is 0.00993. The molecule has 2 atom stereocenters. The molecule has 3 aromatic heterocycles.